The number of hydrogen-bond acceptors (Lipinski definition) is 3. The van der Waals surface area contributed by atoms with Crippen molar-refractivity contribution in [1.29, 1.82) is 0 Å². The van der Waals surface area contributed by atoms with Crippen LogP contribution in [0.2, 0.25) is 0 Å². The molecule has 0 fully saturated rings. The molecule has 1 aliphatic rings. The van der Waals surface area contributed by atoms with Crippen molar-refractivity contribution >= 4 is 28.7 Å². The highest BCUT2D eigenvalue weighted by Crippen LogP contribution is 2.37. The van der Waals surface area contributed by atoms with E-state index in [4.69, 9.17) is 4.98 Å². The summed E-state index contributed by atoms with van der Waals surface area (Å²) >= 11 is 0. The SMILES string of the molecule is CC(C)n1ncc2c(C(=O)O)c3c(nc21)/C(=C/c1ccccc1)CC3. The molecule has 5 nitrogen and oxygen atoms in total. The second-order valence-corrected chi connectivity index (χ2v) is 6.62. The molecule has 0 saturated carbocycles. The number of pyridine rings is 1. The van der Waals surface area contributed by atoms with Gasteiger partial charge in [0.2, 0.25) is 0 Å². The Morgan fingerprint density at radius 2 is 2.00 bits per heavy atom. The van der Waals surface area contributed by atoms with Crippen molar-refractivity contribution in [2.24, 2.45) is 0 Å². The van der Waals surface area contributed by atoms with E-state index >= 15 is 0 Å². The first-order valence-corrected chi connectivity index (χ1v) is 8.45. The predicted molar refractivity (Wildman–Crippen MR) is 97.5 cm³/mol. The molecule has 0 spiro atoms. The number of aromatic nitrogens is 3. The summed E-state index contributed by atoms with van der Waals surface area (Å²) in [6.07, 6.45) is 5.24. The molecule has 0 radical (unpaired) electrons. The van der Waals surface area contributed by atoms with E-state index in [1.165, 1.54) is 0 Å². The van der Waals surface area contributed by atoms with Crippen molar-refractivity contribution in [1.82, 2.24) is 14.8 Å². The quantitative estimate of drug-likeness (QED) is 0.780. The monoisotopic (exact) mass is 333 g/mol. The van der Waals surface area contributed by atoms with Crippen LogP contribution in [-0.2, 0) is 6.42 Å². The van der Waals surface area contributed by atoms with Gasteiger partial charge in [-0.15, -0.1) is 0 Å². The fourth-order valence-electron chi connectivity index (χ4n) is 3.50. The Morgan fingerprint density at radius 3 is 2.68 bits per heavy atom. The van der Waals surface area contributed by atoms with E-state index in [1.807, 2.05) is 44.2 Å². The molecular weight excluding hydrogens is 314 g/mol. The fraction of sp³-hybridized carbons (Fsp3) is 0.250. The van der Waals surface area contributed by atoms with Crippen LogP contribution in [0.15, 0.2) is 36.5 Å². The number of carboxylic acids is 1. The van der Waals surface area contributed by atoms with Crippen LogP contribution in [0, 0.1) is 0 Å². The Bertz CT molecular complexity index is 1000. The summed E-state index contributed by atoms with van der Waals surface area (Å²) in [6.45, 7) is 4.03. The molecule has 1 aromatic carbocycles. The lowest BCUT2D eigenvalue weighted by atomic mass is 10.0. The Morgan fingerprint density at radius 1 is 1.24 bits per heavy atom. The molecule has 0 atom stereocenters. The van der Waals surface area contributed by atoms with E-state index < -0.39 is 5.97 Å². The van der Waals surface area contributed by atoms with Gasteiger partial charge in [-0.05, 0) is 49.5 Å². The maximum atomic E-state index is 11.9. The molecule has 0 unspecified atom stereocenters. The van der Waals surface area contributed by atoms with Crippen LogP contribution >= 0.6 is 0 Å². The molecule has 0 saturated heterocycles. The van der Waals surface area contributed by atoms with E-state index in [0.717, 1.165) is 28.8 Å². The molecule has 1 aliphatic carbocycles. The van der Waals surface area contributed by atoms with Crippen molar-refractivity contribution in [3.05, 3.63) is 58.9 Å². The molecule has 0 aliphatic heterocycles. The van der Waals surface area contributed by atoms with E-state index in [9.17, 15) is 9.90 Å². The molecule has 5 heteroatoms. The summed E-state index contributed by atoms with van der Waals surface area (Å²) in [5.41, 5.74) is 4.81. The molecule has 126 valence electrons. The van der Waals surface area contributed by atoms with Crippen LogP contribution in [0.5, 0.6) is 0 Å². The van der Waals surface area contributed by atoms with Gasteiger partial charge in [-0.3, -0.25) is 0 Å². The van der Waals surface area contributed by atoms with E-state index in [0.29, 0.717) is 23.0 Å². The van der Waals surface area contributed by atoms with E-state index in [1.54, 1.807) is 10.9 Å². The van der Waals surface area contributed by atoms with Gasteiger partial charge in [0, 0.05) is 6.04 Å². The van der Waals surface area contributed by atoms with Crippen molar-refractivity contribution < 1.29 is 9.90 Å². The van der Waals surface area contributed by atoms with Crippen LogP contribution < -0.4 is 0 Å². The zero-order valence-corrected chi connectivity index (χ0v) is 14.2. The number of hydrogen-bond donors (Lipinski definition) is 1. The average Bonchev–Trinajstić information content (AvgIpc) is 3.18. The molecular formula is C20H19N3O2. The summed E-state index contributed by atoms with van der Waals surface area (Å²) in [6, 6.07) is 10.2. The van der Waals surface area contributed by atoms with Crippen molar-refractivity contribution in [3.8, 4) is 0 Å². The van der Waals surface area contributed by atoms with Gasteiger partial charge >= 0.3 is 5.97 Å². The minimum absolute atomic E-state index is 0.118. The second-order valence-electron chi connectivity index (χ2n) is 6.62. The molecule has 0 amide bonds. The fourth-order valence-corrected chi connectivity index (χ4v) is 3.50. The summed E-state index contributed by atoms with van der Waals surface area (Å²) < 4.78 is 1.79. The number of benzene rings is 1. The molecule has 3 aromatic rings. The third-order valence-corrected chi connectivity index (χ3v) is 4.64. The van der Waals surface area contributed by atoms with Gasteiger partial charge in [-0.2, -0.15) is 5.10 Å². The molecule has 2 aromatic heterocycles. The minimum Gasteiger partial charge on any atom is -0.478 e. The number of fused-ring (bicyclic) bond motifs is 2. The highest BCUT2D eigenvalue weighted by molar-refractivity contribution is 6.05. The highest BCUT2D eigenvalue weighted by atomic mass is 16.4. The summed E-state index contributed by atoms with van der Waals surface area (Å²) in [7, 11) is 0. The van der Waals surface area contributed by atoms with Gasteiger partial charge in [0.1, 0.15) is 0 Å². The molecule has 0 bridgehead atoms. The molecule has 2 heterocycles. The summed E-state index contributed by atoms with van der Waals surface area (Å²) in [5, 5.41) is 14.8. The largest absolute Gasteiger partial charge is 0.478 e. The first-order chi connectivity index (χ1) is 12.1. The van der Waals surface area contributed by atoms with Crippen molar-refractivity contribution in [3.63, 3.8) is 0 Å². The summed E-state index contributed by atoms with van der Waals surface area (Å²) in [5.74, 6) is -0.909. The maximum Gasteiger partial charge on any atom is 0.336 e. The van der Waals surface area contributed by atoms with Gasteiger partial charge < -0.3 is 5.11 Å². The van der Waals surface area contributed by atoms with Crippen LogP contribution in [0.25, 0.3) is 22.7 Å². The Balaban J connectivity index is 1.97. The number of nitrogens with zero attached hydrogens (tertiary/aromatic N) is 3. The topological polar surface area (TPSA) is 68.0 Å². The second kappa shape index (κ2) is 5.84. The lowest BCUT2D eigenvalue weighted by Crippen LogP contribution is -2.08. The standard InChI is InChI=1S/C20H19N3O2/c1-12(2)23-19-16(11-21-23)17(20(24)25)15-9-8-14(18(15)22-19)10-13-6-4-3-5-7-13/h3-7,10-12H,8-9H2,1-2H3,(H,24,25)/b14-10+. The Hall–Kier alpha value is -2.95. The van der Waals surface area contributed by atoms with Crippen LogP contribution in [0.4, 0.5) is 0 Å². The van der Waals surface area contributed by atoms with Gasteiger partial charge in [0.15, 0.2) is 5.65 Å². The first kappa shape index (κ1) is 15.6. The lowest BCUT2D eigenvalue weighted by molar-refractivity contribution is 0.0698. The van der Waals surface area contributed by atoms with Crippen LogP contribution in [0.1, 0.15) is 53.5 Å². The minimum atomic E-state index is -0.909. The normalized spacial score (nSPS) is 15.2. The van der Waals surface area contributed by atoms with Crippen LogP contribution in [0.3, 0.4) is 0 Å². The lowest BCUT2D eigenvalue weighted by Gasteiger charge is -2.10. The smallest absolute Gasteiger partial charge is 0.336 e. The predicted octanol–water partition coefficient (Wildman–Crippen LogP) is 4.20. The molecule has 1 N–H and O–H groups in total. The molecule has 25 heavy (non-hydrogen) atoms. The number of aromatic carboxylic acids is 1. The average molecular weight is 333 g/mol. The molecule has 4 rings (SSSR count). The third kappa shape index (κ3) is 2.52. The van der Waals surface area contributed by atoms with Gasteiger partial charge in [0.25, 0.3) is 0 Å². The van der Waals surface area contributed by atoms with Gasteiger partial charge in [0.05, 0.1) is 22.8 Å². The zero-order chi connectivity index (χ0) is 17.6. The van der Waals surface area contributed by atoms with Gasteiger partial charge in [-0.1, -0.05) is 30.3 Å². The van der Waals surface area contributed by atoms with Crippen molar-refractivity contribution in [2.45, 2.75) is 32.7 Å². The highest BCUT2D eigenvalue weighted by Gasteiger charge is 2.28. The number of allylic oxidation sites excluding steroid dienone is 1. The van der Waals surface area contributed by atoms with E-state index in [2.05, 4.69) is 11.2 Å². The Kier molecular flexibility index (Phi) is 3.64. The van der Waals surface area contributed by atoms with Gasteiger partial charge in [-0.25, -0.2) is 14.5 Å². The third-order valence-electron chi connectivity index (χ3n) is 4.64. The van der Waals surface area contributed by atoms with Crippen LogP contribution in [-0.4, -0.2) is 25.8 Å². The zero-order valence-electron chi connectivity index (χ0n) is 14.2. The number of carbonyl (C=O) groups is 1. The van der Waals surface area contributed by atoms with Crippen molar-refractivity contribution in [2.75, 3.05) is 0 Å². The maximum absolute atomic E-state index is 11.9. The van der Waals surface area contributed by atoms with E-state index in [-0.39, 0.29) is 6.04 Å². The Labute approximate surface area is 145 Å². The summed E-state index contributed by atoms with van der Waals surface area (Å²) in [4.78, 5) is 16.8. The number of carboxylic acid groups (broad SMARTS) is 1. The number of rotatable bonds is 3. The first-order valence-electron chi connectivity index (χ1n) is 8.45.